The van der Waals surface area contributed by atoms with E-state index in [1.54, 1.807) is 13.2 Å². The lowest BCUT2D eigenvalue weighted by atomic mass is 10.1. The van der Waals surface area contributed by atoms with Gasteiger partial charge in [0.05, 0.1) is 13.2 Å². The first-order valence-corrected chi connectivity index (χ1v) is 9.70. The van der Waals surface area contributed by atoms with Crippen molar-refractivity contribution in [3.8, 4) is 11.5 Å². The lowest BCUT2D eigenvalue weighted by Crippen LogP contribution is -2.26. The maximum atomic E-state index is 12.8. The Balaban J connectivity index is 1.74. The molecule has 150 valence electrons. The standard InChI is InChI=1S/C25H27NO3/c1-17-12-18(2)14-23(13-17)29-16-22-15-21(10-11-24(22)28-4)25(27)26-19(3)20-8-6-5-7-9-20/h5-15,19H,16H2,1-4H3,(H,26,27)/t19-/m1/s1. The Kier molecular flexibility index (Phi) is 6.55. The largest absolute Gasteiger partial charge is 0.496 e. The van der Waals surface area contributed by atoms with E-state index in [4.69, 9.17) is 9.47 Å². The van der Waals surface area contributed by atoms with Crippen molar-refractivity contribution in [3.05, 3.63) is 94.5 Å². The third-order valence-electron chi connectivity index (χ3n) is 4.78. The van der Waals surface area contributed by atoms with Crippen molar-refractivity contribution in [1.82, 2.24) is 5.32 Å². The Bertz CT molecular complexity index is 962. The van der Waals surface area contributed by atoms with E-state index < -0.39 is 0 Å². The van der Waals surface area contributed by atoms with Crippen LogP contribution in [0, 0.1) is 13.8 Å². The molecule has 3 aromatic rings. The van der Waals surface area contributed by atoms with Crippen molar-refractivity contribution in [3.63, 3.8) is 0 Å². The number of carbonyl (C=O) groups excluding carboxylic acids is 1. The highest BCUT2D eigenvalue weighted by molar-refractivity contribution is 5.94. The molecule has 0 saturated carbocycles. The first-order valence-electron chi connectivity index (χ1n) is 9.70. The van der Waals surface area contributed by atoms with Crippen LogP contribution in [0.15, 0.2) is 66.7 Å². The predicted molar refractivity (Wildman–Crippen MR) is 116 cm³/mol. The van der Waals surface area contributed by atoms with Crippen LogP contribution in [0.5, 0.6) is 11.5 Å². The van der Waals surface area contributed by atoms with Crippen molar-refractivity contribution < 1.29 is 14.3 Å². The normalized spacial score (nSPS) is 11.6. The summed E-state index contributed by atoms with van der Waals surface area (Å²) >= 11 is 0. The van der Waals surface area contributed by atoms with E-state index in [1.165, 1.54) is 0 Å². The van der Waals surface area contributed by atoms with Gasteiger partial charge >= 0.3 is 0 Å². The van der Waals surface area contributed by atoms with E-state index >= 15 is 0 Å². The second-order valence-electron chi connectivity index (χ2n) is 7.24. The maximum Gasteiger partial charge on any atom is 0.251 e. The molecule has 0 aliphatic rings. The van der Waals surface area contributed by atoms with Gasteiger partial charge in [-0.15, -0.1) is 0 Å². The monoisotopic (exact) mass is 389 g/mol. The van der Waals surface area contributed by atoms with Gasteiger partial charge in [0.2, 0.25) is 0 Å². The third kappa shape index (κ3) is 5.38. The Hall–Kier alpha value is -3.27. The Labute approximate surface area is 172 Å². The maximum absolute atomic E-state index is 12.8. The van der Waals surface area contributed by atoms with Crippen molar-refractivity contribution >= 4 is 5.91 Å². The Morgan fingerprint density at radius 2 is 1.66 bits per heavy atom. The number of hydrogen-bond acceptors (Lipinski definition) is 3. The predicted octanol–water partition coefficient (Wildman–Crippen LogP) is 5.38. The van der Waals surface area contributed by atoms with Gasteiger partial charge in [-0.05, 0) is 67.8 Å². The van der Waals surface area contributed by atoms with Crippen LogP contribution < -0.4 is 14.8 Å². The lowest BCUT2D eigenvalue weighted by Gasteiger charge is -2.16. The first kappa shape index (κ1) is 20.5. The van der Waals surface area contributed by atoms with E-state index in [1.807, 2.05) is 75.4 Å². The summed E-state index contributed by atoms with van der Waals surface area (Å²) in [7, 11) is 1.62. The van der Waals surface area contributed by atoms with Crippen LogP contribution in [-0.4, -0.2) is 13.0 Å². The fourth-order valence-corrected chi connectivity index (χ4v) is 3.31. The number of hydrogen-bond donors (Lipinski definition) is 1. The molecule has 0 unspecified atom stereocenters. The Morgan fingerprint density at radius 1 is 0.966 bits per heavy atom. The summed E-state index contributed by atoms with van der Waals surface area (Å²) in [6, 6.07) is 21.3. The summed E-state index contributed by atoms with van der Waals surface area (Å²) in [6.07, 6.45) is 0. The summed E-state index contributed by atoms with van der Waals surface area (Å²) in [6.45, 7) is 6.38. The smallest absolute Gasteiger partial charge is 0.251 e. The molecule has 1 amide bonds. The molecule has 4 nitrogen and oxygen atoms in total. The molecule has 0 aromatic heterocycles. The van der Waals surface area contributed by atoms with Gasteiger partial charge in [0.15, 0.2) is 0 Å². The summed E-state index contributed by atoms with van der Waals surface area (Å²) in [5.41, 5.74) is 4.76. The number of amides is 1. The molecule has 29 heavy (non-hydrogen) atoms. The SMILES string of the molecule is COc1ccc(C(=O)N[C@H](C)c2ccccc2)cc1COc1cc(C)cc(C)c1. The highest BCUT2D eigenvalue weighted by atomic mass is 16.5. The van der Waals surface area contributed by atoms with E-state index in [2.05, 4.69) is 11.4 Å². The van der Waals surface area contributed by atoms with Crippen LogP contribution in [0.2, 0.25) is 0 Å². The fourth-order valence-electron chi connectivity index (χ4n) is 3.31. The molecule has 0 fully saturated rings. The molecule has 4 heteroatoms. The van der Waals surface area contributed by atoms with Crippen LogP contribution in [-0.2, 0) is 6.61 Å². The molecule has 0 radical (unpaired) electrons. The van der Waals surface area contributed by atoms with Crippen LogP contribution >= 0.6 is 0 Å². The number of nitrogens with one attached hydrogen (secondary N) is 1. The minimum Gasteiger partial charge on any atom is -0.496 e. The van der Waals surface area contributed by atoms with Crippen LogP contribution in [0.3, 0.4) is 0 Å². The summed E-state index contributed by atoms with van der Waals surface area (Å²) in [4.78, 5) is 12.8. The molecule has 0 spiro atoms. The second-order valence-corrected chi connectivity index (χ2v) is 7.24. The van der Waals surface area contributed by atoms with Gasteiger partial charge in [-0.2, -0.15) is 0 Å². The number of aryl methyl sites for hydroxylation is 2. The van der Waals surface area contributed by atoms with E-state index in [0.717, 1.165) is 28.0 Å². The van der Waals surface area contributed by atoms with Gasteiger partial charge in [-0.1, -0.05) is 36.4 Å². The molecule has 1 atom stereocenters. The minimum absolute atomic E-state index is 0.0826. The molecular weight excluding hydrogens is 362 g/mol. The molecule has 0 heterocycles. The highest BCUT2D eigenvalue weighted by Gasteiger charge is 2.14. The average Bonchev–Trinajstić information content (AvgIpc) is 2.72. The topological polar surface area (TPSA) is 47.6 Å². The average molecular weight is 389 g/mol. The number of rotatable bonds is 7. The van der Waals surface area contributed by atoms with E-state index in [-0.39, 0.29) is 11.9 Å². The first-order chi connectivity index (χ1) is 14.0. The fraction of sp³-hybridized carbons (Fsp3) is 0.240. The van der Waals surface area contributed by atoms with E-state index in [9.17, 15) is 4.79 Å². The molecule has 0 aliphatic carbocycles. The van der Waals surface area contributed by atoms with Crippen molar-refractivity contribution in [2.75, 3.05) is 7.11 Å². The van der Waals surface area contributed by atoms with Crippen LogP contribution in [0.25, 0.3) is 0 Å². The Morgan fingerprint density at radius 3 is 2.31 bits per heavy atom. The molecule has 3 rings (SSSR count). The van der Waals surface area contributed by atoms with Gasteiger partial charge in [-0.3, -0.25) is 4.79 Å². The van der Waals surface area contributed by atoms with Crippen LogP contribution in [0.4, 0.5) is 0 Å². The lowest BCUT2D eigenvalue weighted by molar-refractivity contribution is 0.0939. The van der Waals surface area contributed by atoms with Gasteiger partial charge in [-0.25, -0.2) is 0 Å². The highest BCUT2D eigenvalue weighted by Crippen LogP contribution is 2.24. The quantitative estimate of drug-likeness (QED) is 0.590. The molecule has 3 aromatic carbocycles. The zero-order chi connectivity index (χ0) is 20.8. The van der Waals surface area contributed by atoms with Crippen molar-refractivity contribution in [1.29, 1.82) is 0 Å². The van der Waals surface area contributed by atoms with Gasteiger partial charge < -0.3 is 14.8 Å². The summed E-state index contributed by atoms with van der Waals surface area (Å²) < 4.78 is 11.4. The zero-order valence-corrected chi connectivity index (χ0v) is 17.4. The number of methoxy groups -OCH3 is 1. The van der Waals surface area contributed by atoms with E-state index in [0.29, 0.717) is 17.9 Å². The summed E-state index contributed by atoms with van der Waals surface area (Å²) in [5, 5.41) is 3.05. The number of carbonyl (C=O) groups is 1. The zero-order valence-electron chi connectivity index (χ0n) is 17.4. The molecule has 0 aliphatic heterocycles. The molecule has 1 N–H and O–H groups in total. The molecular formula is C25H27NO3. The van der Waals surface area contributed by atoms with Gasteiger partial charge in [0.1, 0.15) is 18.1 Å². The summed E-state index contributed by atoms with van der Waals surface area (Å²) in [5.74, 6) is 1.37. The minimum atomic E-state index is -0.128. The van der Waals surface area contributed by atoms with Gasteiger partial charge in [0.25, 0.3) is 5.91 Å². The number of ether oxygens (including phenoxy) is 2. The van der Waals surface area contributed by atoms with Gasteiger partial charge in [0, 0.05) is 11.1 Å². The van der Waals surface area contributed by atoms with Crippen molar-refractivity contribution in [2.45, 2.75) is 33.4 Å². The number of benzene rings is 3. The third-order valence-corrected chi connectivity index (χ3v) is 4.78. The van der Waals surface area contributed by atoms with Crippen molar-refractivity contribution in [2.24, 2.45) is 0 Å². The molecule has 0 bridgehead atoms. The molecule has 0 saturated heterocycles. The second kappa shape index (κ2) is 9.28. The van der Waals surface area contributed by atoms with Crippen LogP contribution in [0.1, 0.15) is 45.6 Å².